The summed E-state index contributed by atoms with van der Waals surface area (Å²) >= 11 is 0. The number of hydrogen-bond acceptors (Lipinski definition) is 4. The molecule has 1 N–H and O–H groups in total. The van der Waals surface area contributed by atoms with E-state index in [-0.39, 0.29) is 12.5 Å². The van der Waals surface area contributed by atoms with Gasteiger partial charge in [0.25, 0.3) is 0 Å². The average Bonchev–Trinajstić information content (AvgIpc) is 2.65. The highest BCUT2D eigenvalue weighted by atomic mass is 32.2. The van der Waals surface area contributed by atoms with Gasteiger partial charge in [-0.3, -0.25) is 9.10 Å². The molecule has 1 atom stereocenters. The van der Waals surface area contributed by atoms with E-state index in [9.17, 15) is 13.2 Å². The van der Waals surface area contributed by atoms with E-state index in [1.165, 1.54) is 9.87 Å². The standard InChI is InChI=1S/C21H28N2O4S/c1-5-20(23(28(4,25)26)18-9-7-6-8-10-18)21(24)22-13-14-27-19-12-11-16(2)17(3)15-19/h6-12,15,20H,5,13-14H2,1-4H3,(H,22,24)/t20-/m1/s1. The van der Waals surface area contributed by atoms with Crippen molar-refractivity contribution in [1.82, 2.24) is 5.32 Å². The highest BCUT2D eigenvalue weighted by Crippen LogP contribution is 2.22. The lowest BCUT2D eigenvalue weighted by Crippen LogP contribution is -2.49. The largest absolute Gasteiger partial charge is 0.492 e. The number of carbonyl (C=O) groups excluding carboxylic acids is 1. The van der Waals surface area contributed by atoms with Crippen LogP contribution in [0.25, 0.3) is 0 Å². The molecule has 0 bridgehead atoms. The van der Waals surface area contributed by atoms with Gasteiger partial charge in [-0.1, -0.05) is 31.2 Å². The molecule has 0 aliphatic carbocycles. The van der Waals surface area contributed by atoms with E-state index in [0.717, 1.165) is 17.6 Å². The number of aryl methyl sites for hydroxylation is 2. The van der Waals surface area contributed by atoms with Gasteiger partial charge >= 0.3 is 0 Å². The van der Waals surface area contributed by atoms with Crippen LogP contribution in [0.5, 0.6) is 5.75 Å². The average molecular weight is 405 g/mol. The van der Waals surface area contributed by atoms with E-state index in [1.54, 1.807) is 37.3 Å². The molecule has 0 radical (unpaired) electrons. The summed E-state index contributed by atoms with van der Waals surface area (Å²) in [5.41, 5.74) is 2.80. The Bertz CT molecular complexity index is 898. The summed E-state index contributed by atoms with van der Waals surface area (Å²) in [6.07, 6.45) is 1.46. The Hall–Kier alpha value is -2.54. The van der Waals surface area contributed by atoms with E-state index >= 15 is 0 Å². The molecule has 0 saturated carbocycles. The molecule has 0 fully saturated rings. The zero-order valence-electron chi connectivity index (χ0n) is 16.8. The fourth-order valence-electron chi connectivity index (χ4n) is 2.90. The van der Waals surface area contributed by atoms with Crippen LogP contribution in [-0.4, -0.2) is 39.8 Å². The van der Waals surface area contributed by atoms with Gasteiger partial charge < -0.3 is 10.1 Å². The van der Waals surface area contributed by atoms with Crippen molar-refractivity contribution in [2.75, 3.05) is 23.7 Å². The fraction of sp³-hybridized carbons (Fsp3) is 0.381. The summed E-state index contributed by atoms with van der Waals surface area (Å²) in [4.78, 5) is 12.7. The number of hydrogen-bond donors (Lipinski definition) is 1. The first kappa shape index (κ1) is 21.8. The van der Waals surface area contributed by atoms with Gasteiger partial charge in [-0.15, -0.1) is 0 Å². The van der Waals surface area contributed by atoms with Crippen molar-refractivity contribution in [2.24, 2.45) is 0 Å². The number of sulfonamides is 1. The minimum absolute atomic E-state index is 0.286. The van der Waals surface area contributed by atoms with Gasteiger partial charge in [-0.05, 0) is 55.7 Å². The van der Waals surface area contributed by atoms with Crippen LogP contribution in [0.15, 0.2) is 48.5 Å². The lowest BCUT2D eigenvalue weighted by molar-refractivity contribution is -0.122. The third-order valence-corrected chi connectivity index (χ3v) is 5.67. The van der Waals surface area contributed by atoms with Crippen molar-refractivity contribution < 1.29 is 17.9 Å². The molecule has 0 unspecified atom stereocenters. The van der Waals surface area contributed by atoms with Crippen molar-refractivity contribution in [1.29, 1.82) is 0 Å². The first-order valence-electron chi connectivity index (χ1n) is 9.26. The first-order valence-corrected chi connectivity index (χ1v) is 11.1. The minimum atomic E-state index is -3.62. The van der Waals surface area contributed by atoms with Gasteiger partial charge in [0.2, 0.25) is 15.9 Å². The Morgan fingerprint density at radius 1 is 1.11 bits per heavy atom. The highest BCUT2D eigenvalue weighted by Gasteiger charge is 2.31. The topological polar surface area (TPSA) is 75.7 Å². The molecule has 2 aromatic rings. The molecule has 0 saturated heterocycles. The number of nitrogens with zero attached hydrogens (tertiary/aromatic N) is 1. The summed E-state index contributed by atoms with van der Waals surface area (Å²) in [6, 6.07) is 13.7. The molecule has 2 aromatic carbocycles. The van der Waals surface area contributed by atoms with Crippen LogP contribution in [0, 0.1) is 13.8 Å². The smallest absolute Gasteiger partial charge is 0.244 e. The second-order valence-corrected chi connectivity index (χ2v) is 8.56. The molecule has 7 heteroatoms. The number of rotatable bonds is 9. The number of ether oxygens (including phenoxy) is 1. The maximum absolute atomic E-state index is 12.7. The van der Waals surface area contributed by atoms with Crippen LogP contribution >= 0.6 is 0 Å². The zero-order valence-corrected chi connectivity index (χ0v) is 17.6. The van der Waals surface area contributed by atoms with E-state index in [4.69, 9.17) is 4.74 Å². The maximum atomic E-state index is 12.7. The molecule has 0 aromatic heterocycles. The first-order chi connectivity index (χ1) is 13.2. The molecule has 2 rings (SSSR count). The van der Waals surface area contributed by atoms with Gasteiger partial charge in [-0.2, -0.15) is 0 Å². The van der Waals surface area contributed by atoms with Gasteiger partial charge in [0, 0.05) is 0 Å². The van der Waals surface area contributed by atoms with Gasteiger partial charge in [0.1, 0.15) is 18.4 Å². The highest BCUT2D eigenvalue weighted by molar-refractivity contribution is 7.92. The molecule has 0 heterocycles. The Kier molecular flexibility index (Phi) is 7.45. The molecule has 6 nitrogen and oxygen atoms in total. The van der Waals surface area contributed by atoms with Crippen LogP contribution in [0.1, 0.15) is 24.5 Å². The predicted octanol–water partition coefficient (Wildman–Crippen LogP) is 3.04. The lowest BCUT2D eigenvalue weighted by Gasteiger charge is -2.30. The van der Waals surface area contributed by atoms with Crippen LogP contribution < -0.4 is 14.4 Å². The van der Waals surface area contributed by atoms with E-state index in [1.807, 2.05) is 32.0 Å². The second-order valence-electron chi connectivity index (χ2n) is 6.70. The van der Waals surface area contributed by atoms with Crippen molar-refractivity contribution in [3.8, 4) is 5.75 Å². The molecule has 1 amide bonds. The molecule has 0 aliphatic rings. The Morgan fingerprint density at radius 2 is 1.79 bits per heavy atom. The van der Waals surface area contributed by atoms with Crippen LogP contribution in [-0.2, 0) is 14.8 Å². The van der Waals surface area contributed by atoms with E-state index < -0.39 is 16.1 Å². The number of nitrogens with one attached hydrogen (secondary N) is 1. The molecule has 28 heavy (non-hydrogen) atoms. The zero-order chi connectivity index (χ0) is 20.7. The van der Waals surface area contributed by atoms with Crippen molar-refractivity contribution in [3.63, 3.8) is 0 Å². The summed E-state index contributed by atoms with van der Waals surface area (Å²) in [5.74, 6) is 0.395. The quantitative estimate of drug-likeness (QED) is 0.652. The second kappa shape index (κ2) is 9.59. The van der Waals surface area contributed by atoms with Crippen molar-refractivity contribution in [3.05, 3.63) is 59.7 Å². The van der Waals surface area contributed by atoms with E-state index in [0.29, 0.717) is 18.7 Å². The van der Waals surface area contributed by atoms with Crippen molar-refractivity contribution >= 4 is 21.6 Å². The molecule has 0 aliphatic heterocycles. The maximum Gasteiger partial charge on any atom is 0.244 e. The lowest BCUT2D eigenvalue weighted by atomic mass is 10.1. The molecule has 152 valence electrons. The predicted molar refractivity (Wildman–Crippen MR) is 112 cm³/mol. The summed E-state index contributed by atoms with van der Waals surface area (Å²) in [7, 11) is -3.62. The summed E-state index contributed by atoms with van der Waals surface area (Å²) in [5, 5.41) is 2.78. The number of para-hydroxylation sites is 1. The minimum Gasteiger partial charge on any atom is -0.492 e. The summed E-state index contributed by atoms with van der Waals surface area (Å²) in [6.45, 7) is 6.42. The molecular formula is C21H28N2O4S. The van der Waals surface area contributed by atoms with Crippen molar-refractivity contribution in [2.45, 2.75) is 33.2 Å². The third-order valence-electron chi connectivity index (χ3n) is 4.49. The molecular weight excluding hydrogens is 376 g/mol. The fourth-order valence-corrected chi connectivity index (χ4v) is 4.11. The van der Waals surface area contributed by atoms with Gasteiger partial charge in [-0.25, -0.2) is 8.42 Å². The SMILES string of the molecule is CC[C@H](C(=O)NCCOc1ccc(C)c(C)c1)N(c1ccccc1)S(C)(=O)=O. The van der Waals surface area contributed by atoms with Crippen LogP contribution in [0.4, 0.5) is 5.69 Å². The Morgan fingerprint density at radius 3 is 2.36 bits per heavy atom. The van der Waals surface area contributed by atoms with Crippen LogP contribution in [0.3, 0.4) is 0 Å². The summed E-state index contributed by atoms with van der Waals surface area (Å²) < 4.78 is 31.5. The van der Waals surface area contributed by atoms with Gasteiger partial charge in [0.15, 0.2) is 0 Å². The normalized spacial score (nSPS) is 12.3. The number of amides is 1. The number of anilines is 1. The number of carbonyl (C=O) groups is 1. The monoisotopic (exact) mass is 404 g/mol. The van der Waals surface area contributed by atoms with E-state index in [2.05, 4.69) is 5.32 Å². The Labute approximate surface area is 167 Å². The Balaban J connectivity index is 2.00. The van der Waals surface area contributed by atoms with Crippen LogP contribution in [0.2, 0.25) is 0 Å². The molecule has 0 spiro atoms. The number of benzene rings is 2. The third kappa shape index (κ3) is 5.73. The van der Waals surface area contributed by atoms with Gasteiger partial charge in [0.05, 0.1) is 18.5 Å².